The Morgan fingerprint density at radius 1 is 1.21 bits per heavy atom. The molecule has 2 aliphatic rings. The number of fused-ring (bicyclic) bond motifs is 2. The van der Waals surface area contributed by atoms with Crippen LogP contribution in [0.4, 0.5) is 4.39 Å². The Labute approximate surface area is 168 Å². The highest BCUT2D eigenvalue weighted by Crippen LogP contribution is 2.39. The zero-order valence-electron chi connectivity index (χ0n) is 15.9. The van der Waals surface area contributed by atoms with Crippen molar-refractivity contribution in [2.24, 2.45) is 5.92 Å². The molecule has 0 radical (unpaired) electrons. The summed E-state index contributed by atoms with van der Waals surface area (Å²) in [4.78, 5) is 4.01. The van der Waals surface area contributed by atoms with Gasteiger partial charge in [0, 0.05) is 42.0 Å². The second kappa shape index (κ2) is 7.08. The molecule has 2 N–H and O–H groups in total. The molecule has 4 heterocycles. The molecule has 0 saturated carbocycles. The number of benzene rings is 1. The minimum atomic E-state index is -0.942. The van der Waals surface area contributed by atoms with Crippen LogP contribution < -0.4 is 5.32 Å². The molecule has 29 heavy (non-hydrogen) atoms. The van der Waals surface area contributed by atoms with Crippen molar-refractivity contribution < 1.29 is 9.50 Å². The number of phenolic OH excluding ortho intramolecular Hbond substituents is 1. The molecule has 2 saturated heterocycles. The molecule has 6 nitrogen and oxygen atoms in total. The van der Waals surface area contributed by atoms with Crippen LogP contribution in [0.15, 0.2) is 55.6 Å². The van der Waals surface area contributed by atoms with E-state index in [9.17, 15) is 9.50 Å². The van der Waals surface area contributed by atoms with Gasteiger partial charge in [-0.1, -0.05) is 6.58 Å². The van der Waals surface area contributed by atoms with E-state index in [4.69, 9.17) is 0 Å². The highest BCUT2D eigenvalue weighted by Gasteiger charge is 2.43. The molecule has 2 fully saturated rings. The quantitative estimate of drug-likeness (QED) is 0.712. The number of imidazole rings is 1. The zero-order valence-corrected chi connectivity index (χ0v) is 15.9. The van der Waals surface area contributed by atoms with Crippen molar-refractivity contribution in [1.82, 2.24) is 25.1 Å². The van der Waals surface area contributed by atoms with Crippen LogP contribution in [-0.4, -0.2) is 43.1 Å². The Balaban J connectivity index is 1.37. The Kier molecular flexibility index (Phi) is 4.39. The summed E-state index contributed by atoms with van der Waals surface area (Å²) in [6.45, 7) is 4.13. The minimum absolute atomic E-state index is 0.0753. The molecule has 0 aliphatic carbocycles. The van der Waals surface area contributed by atoms with Crippen LogP contribution in [0.1, 0.15) is 25.0 Å². The van der Waals surface area contributed by atoms with E-state index in [2.05, 4.69) is 27.1 Å². The van der Waals surface area contributed by atoms with Crippen LogP contribution >= 0.6 is 0 Å². The summed E-state index contributed by atoms with van der Waals surface area (Å²) in [5.74, 6) is -0.118. The summed E-state index contributed by atoms with van der Waals surface area (Å²) in [5, 5.41) is 22.3. The van der Waals surface area contributed by atoms with Gasteiger partial charge in [0.15, 0.2) is 0 Å². The fourth-order valence-electron chi connectivity index (χ4n) is 4.48. The smallest absolute Gasteiger partial charge is 0.127 e. The molecule has 7 heteroatoms. The number of halogens is 1. The molecular weight excluding hydrogens is 369 g/mol. The Morgan fingerprint density at radius 3 is 2.83 bits per heavy atom. The number of rotatable bonds is 4. The third-order valence-electron chi connectivity index (χ3n) is 6.08. The molecule has 2 aliphatic heterocycles. The largest absolute Gasteiger partial charge is 0.507 e. The maximum Gasteiger partial charge on any atom is 0.127 e. The average Bonchev–Trinajstić information content (AvgIpc) is 3.41. The highest BCUT2D eigenvalue weighted by molar-refractivity contribution is 5.70. The lowest BCUT2D eigenvalue weighted by Gasteiger charge is -2.33. The third kappa shape index (κ3) is 3.21. The number of hydrogen-bond acceptors (Lipinski definition) is 5. The summed E-state index contributed by atoms with van der Waals surface area (Å²) < 4.78 is 16.6. The number of aromatic nitrogens is 4. The Hall–Kier alpha value is -3.06. The van der Waals surface area contributed by atoms with Crippen molar-refractivity contribution in [2.75, 3.05) is 0 Å². The second-order valence-electron chi connectivity index (χ2n) is 7.83. The van der Waals surface area contributed by atoms with Gasteiger partial charge in [-0.3, -0.25) is 0 Å². The number of aromatic hydroxyl groups is 1. The predicted octanol–water partition coefficient (Wildman–Crippen LogP) is 3.53. The number of hydrogen-bond donors (Lipinski definition) is 2. The van der Waals surface area contributed by atoms with Crippen LogP contribution in [0.2, 0.25) is 0 Å². The first-order valence-corrected chi connectivity index (χ1v) is 9.85. The standard InChI is InChI=1S/C22H22FN5O/c1-13(17-10-14-2-5-20(25-14)22(17)23)18-6-7-19(27-26-18)16-4-3-15(11-21(16)29)28-9-8-24-12-28/h3-4,6-9,11-12,14,17,20,22,25,29H,1-2,5,10H2/t14-,17+,20+,22-/m0/s1. The molecular formula is C22H22FN5O. The fraction of sp³-hybridized carbons (Fsp3) is 0.318. The molecule has 4 atom stereocenters. The van der Waals surface area contributed by atoms with Crippen LogP contribution in [0.5, 0.6) is 5.75 Å². The van der Waals surface area contributed by atoms with Gasteiger partial charge in [0.2, 0.25) is 0 Å². The number of nitrogens with one attached hydrogen (secondary N) is 1. The van der Waals surface area contributed by atoms with Crippen LogP contribution in [0.25, 0.3) is 22.5 Å². The van der Waals surface area contributed by atoms with Crippen LogP contribution in [-0.2, 0) is 0 Å². The van der Waals surface area contributed by atoms with Gasteiger partial charge in [-0.2, -0.15) is 5.10 Å². The van der Waals surface area contributed by atoms with Gasteiger partial charge in [-0.25, -0.2) is 9.37 Å². The van der Waals surface area contributed by atoms with E-state index in [0.717, 1.165) is 24.9 Å². The van der Waals surface area contributed by atoms with Crippen molar-refractivity contribution in [2.45, 2.75) is 37.5 Å². The van der Waals surface area contributed by atoms with Gasteiger partial charge >= 0.3 is 0 Å². The van der Waals surface area contributed by atoms with E-state index in [-0.39, 0.29) is 17.7 Å². The molecule has 0 spiro atoms. The predicted molar refractivity (Wildman–Crippen MR) is 108 cm³/mol. The van der Waals surface area contributed by atoms with E-state index in [0.29, 0.717) is 28.6 Å². The normalized spacial score (nSPS) is 25.8. The van der Waals surface area contributed by atoms with Crippen LogP contribution in [0.3, 0.4) is 0 Å². The van der Waals surface area contributed by atoms with E-state index in [1.165, 1.54) is 0 Å². The van der Waals surface area contributed by atoms with Gasteiger partial charge in [0.25, 0.3) is 0 Å². The Morgan fingerprint density at radius 2 is 2.10 bits per heavy atom. The van der Waals surface area contributed by atoms with Gasteiger partial charge < -0.3 is 15.0 Å². The molecule has 3 aromatic rings. The summed E-state index contributed by atoms with van der Waals surface area (Å²) >= 11 is 0. The molecule has 5 rings (SSSR count). The average molecular weight is 391 g/mol. The van der Waals surface area contributed by atoms with Crippen molar-refractivity contribution in [1.29, 1.82) is 0 Å². The number of alkyl halides is 1. The van der Waals surface area contributed by atoms with Gasteiger partial charge in [0.1, 0.15) is 11.9 Å². The molecule has 2 aromatic heterocycles. The van der Waals surface area contributed by atoms with Gasteiger partial charge in [-0.05, 0) is 49.1 Å². The first kappa shape index (κ1) is 18.0. The molecule has 1 aromatic carbocycles. The van der Waals surface area contributed by atoms with Crippen molar-refractivity contribution in [3.63, 3.8) is 0 Å². The maximum absolute atomic E-state index is 14.8. The second-order valence-corrected chi connectivity index (χ2v) is 7.83. The number of nitrogens with zero attached hydrogens (tertiary/aromatic N) is 4. The lowest BCUT2D eigenvalue weighted by atomic mass is 9.83. The summed E-state index contributed by atoms with van der Waals surface area (Å²) in [6, 6.07) is 9.23. The van der Waals surface area contributed by atoms with E-state index in [1.807, 2.05) is 16.7 Å². The first-order chi connectivity index (χ1) is 14.1. The van der Waals surface area contributed by atoms with Gasteiger partial charge in [0.05, 0.1) is 23.4 Å². The molecule has 148 valence electrons. The van der Waals surface area contributed by atoms with Crippen molar-refractivity contribution in [3.8, 4) is 22.7 Å². The lowest BCUT2D eigenvalue weighted by molar-refractivity contribution is 0.167. The summed E-state index contributed by atoms with van der Waals surface area (Å²) in [5.41, 5.74) is 3.25. The monoisotopic (exact) mass is 391 g/mol. The number of piperidine rings is 1. The zero-order chi connectivity index (χ0) is 20.0. The van der Waals surface area contributed by atoms with Crippen molar-refractivity contribution in [3.05, 3.63) is 61.3 Å². The number of phenols is 1. The van der Waals surface area contributed by atoms with E-state index < -0.39 is 6.17 Å². The fourth-order valence-corrected chi connectivity index (χ4v) is 4.48. The van der Waals surface area contributed by atoms with Crippen molar-refractivity contribution >= 4 is 5.57 Å². The SMILES string of the molecule is C=C(c1ccc(-c2ccc(-n3ccnc3)cc2O)nn1)[C@H]1C[C@@H]2CC[C@@H](N2)[C@H]1F. The molecule has 0 amide bonds. The third-order valence-corrected chi connectivity index (χ3v) is 6.08. The molecule has 0 unspecified atom stereocenters. The minimum Gasteiger partial charge on any atom is -0.507 e. The highest BCUT2D eigenvalue weighted by atomic mass is 19.1. The lowest BCUT2D eigenvalue weighted by Crippen LogP contribution is -2.47. The van der Waals surface area contributed by atoms with E-state index >= 15 is 0 Å². The maximum atomic E-state index is 14.8. The molecule has 2 bridgehead atoms. The van der Waals surface area contributed by atoms with Crippen LogP contribution in [0, 0.1) is 5.92 Å². The summed E-state index contributed by atoms with van der Waals surface area (Å²) in [7, 11) is 0. The van der Waals surface area contributed by atoms with E-state index in [1.54, 1.807) is 36.9 Å². The summed E-state index contributed by atoms with van der Waals surface area (Å²) in [6.07, 6.45) is 6.86. The van der Waals surface area contributed by atoms with Gasteiger partial charge in [-0.15, -0.1) is 5.10 Å². The first-order valence-electron chi connectivity index (χ1n) is 9.85. The number of allylic oxidation sites excluding steroid dienone is 1. The Bertz CT molecular complexity index is 1030. The topological polar surface area (TPSA) is 75.9 Å².